The first-order chi connectivity index (χ1) is 9.99. The van der Waals surface area contributed by atoms with Gasteiger partial charge in [-0.2, -0.15) is 8.42 Å². The molecule has 1 heterocycles. The molecule has 0 aliphatic carbocycles. The molecule has 0 fully saturated rings. The van der Waals surface area contributed by atoms with Gasteiger partial charge in [0.2, 0.25) is 11.8 Å². The second kappa shape index (κ2) is 4.71. The summed E-state index contributed by atoms with van der Waals surface area (Å²) in [5, 5.41) is 20.2. The number of aromatic hydroxyl groups is 2. The van der Waals surface area contributed by atoms with Crippen LogP contribution >= 0.6 is 0 Å². The van der Waals surface area contributed by atoms with Gasteiger partial charge in [-0.05, 0) is 11.5 Å². The van der Waals surface area contributed by atoms with E-state index in [4.69, 9.17) is 4.28 Å². The van der Waals surface area contributed by atoms with Gasteiger partial charge < -0.3 is 10.2 Å². The Morgan fingerprint density at radius 2 is 1.48 bits per heavy atom. The van der Waals surface area contributed by atoms with Crippen LogP contribution in [0.25, 0.3) is 10.8 Å². The summed E-state index contributed by atoms with van der Waals surface area (Å²) < 4.78 is 29.9. The predicted octanol–water partition coefficient (Wildman–Crippen LogP) is 1.87. The average Bonchev–Trinajstić information content (AvgIpc) is 2.78. The summed E-state index contributed by atoms with van der Waals surface area (Å²) in [6.45, 7) is 0. The van der Waals surface area contributed by atoms with Crippen LogP contribution in [0.4, 0.5) is 0 Å². The van der Waals surface area contributed by atoms with Crippen LogP contribution in [0.5, 0.6) is 11.8 Å². The van der Waals surface area contributed by atoms with Crippen molar-refractivity contribution in [3.63, 3.8) is 0 Å². The van der Waals surface area contributed by atoms with Crippen LogP contribution in [0, 0.1) is 0 Å². The maximum atomic E-state index is 12.4. The van der Waals surface area contributed by atoms with Gasteiger partial charge in [-0.15, -0.1) is 0 Å². The Balaban J connectivity index is 2.13. The van der Waals surface area contributed by atoms with E-state index in [0.717, 1.165) is 17.5 Å². The van der Waals surface area contributed by atoms with Crippen molar-refractivity contribution in [2.45, 2.75) is 4.90 Å². The van der Waals surface area contributed by atoms with Gasteiger partial charge in [0.05, 0.1) is 0 Å². The zero-order chi connectivity index (χ0) is 15.0. The van der Waals surface area contributed by atoms with Gasteiger partial charge in [-0.1, -0.05) is 41.1 Å². The maximum absolute atomic E-state index is 12.4. The SMILES string of the molecule is O=S(=O)(On1c(O)ccc1O)c1cccc2ccccc12. The first kappa shape index (κ1) is 13.3. The zero-order valence-corrected chi connectivity index (χ0v) is 11.5. The first-order valence-electron chi connectivity index (χ1n) is 6.01. The second-order valence-electron chi connectivity index (χ2n) is 4.35. The molecule has 7 heteroatoms. The highest BCUT2D eigenvalue weighted by Crippen LogP contribution is 2.26. The van der Waals surface area contributed by atoms with Crippen molar-refractivity contribution >= 4 is 20.9 Å². The highest BCUT2D eigenvalue weighted by molar-refractivity contribution is 7.87. The lowest BCUT2D eigenvalue weighted by Crippen LogP contribution is -2.19. The van der Waals surface area contributed by atoms with Gasteiger partial charge in [-0.25, -0.2) is 0 Å². The van der Waals surface area contributed by atoms with Crippen LogP contribution < -0.4 is 4.28 Å². The van der Waals surface area contributed by atoms with Crippen molar-refractivity contribution < 1.29 is 22.9 Å². The minimum absolute atomic E-state index is 0.0481. The molecule has 3 aromatic rings. The summed E-state index contributed by atoms with van der Waals surface area (Å²) in [5.41, 5.74) is 0. The van der Waals surface area contributed by atoms with Gasteiger partial charge in [-0.3, -0.25) is 4.28 Å². The molecule has 2 aromatic carbocycles. The maximum Gasteiger partial charge on any atom is 0.357 e. The minimum atomic E-state index is -4.21. The molecule has 0 radical (unpaired) electrons. The summed E-state index contributed by atoms with van der Waals surface area (Å²) in [6, 6.07) is 13.9. The van der Waals surface area contributed by atoms with Crippen molar-refractivity contribution in [2.75, 3.05) is 0 Å². The highest BCUT2D eigenvalue weighted by atomic mass is 32.2. The minimum Gasteiger partial charge on any atom is -0.492 e. The fourth-order valence-electron chi connectivity index (χ4n) is 2.03. The van der Waals surface area contributed by atoms with Crippen LogP contribution in [0.1, 0.15) is 0 Å². The molecule has 0 aliphatic heterocycles. The lowest BCUT2D eigenvalue weighted by atomic mass is 10.1. The van der Waals surface area contributed by atoms with E-state index in [2.05, 4.69) is 0 Å². The number of nitrogens with zero attached hydrogens (tertiary/aromatic N) is 1. The molecule has 0 amide bonds. The van der Waals surface area contributed by atoms with Crippen LogP contribution in [0.2, 0.25) is 0 Å². The third-order valence-corrected chi connectivity index (χ3v) is 4.23. The van der Waals surface area contributed by atoms with Crippen molar-refractivity contribution in [1.82, 2.24) is 4.73 Å². The predicted molar refractivity (Wildman–Crippen MR) is 75.5 cm³/mol. The quantitative estimate of drug-likeness (QED) is 0.771. The van der Waals surface area contributed by atoms with E-state index in [1.807, 2.05) is 0 Å². The summed E-state index contributed by atoms with van der Waals surface area (Å²) in [5.74, 6) is -1.03. The van der Waals surface area contributed by atoms with Gasteiger partial charge in [0.25, 0.3) is 0 Å². The zero-order valence-electron chi connectivity index (χ0n) is 10.7. The number of benzene rings is 2. The molecule has 6 nitrogen and oxygen atoms in total. The molecule has 0 unspecified atom stereocenters. The Hall–Kier alpha value is -2.67. The van der Waals surface area contributed by atoms with E-state index in [9.17, 15) is 18.6 Å². The highest BCUT2D eigenvalue weighted by Gasteiger charge is 2.22. The molecule has 0 aliphatic rings. The molecule has 1 aromatic heterocycles. The molecule has 21 heavy (non-hydrogen) atoms. The standard InChI is InChI=1S/C14H11NO5S/c16-13-8-9-14(17)15(13)20-21(18,19)12-7-3-5-10-4-1-2-6-11(10)12/h1-9,16-17H. The lowest BCUT2D eigenvalue weighted by Gasteiger charge is -2.10. The van der Waals surface area contributed by atoms with Gasteiger partial charge in [0, 0.05) is 17.5 Å². The van der Waals surface area contributed by atoms with Crippen molar-refractivity contribution in [3.05, 3.63) is 54.6 Å². The Bertz CT molecular complexity index is 889. The number of hydrogen-bond donors (Lipinski definition) is 2. The molecular formula is C14H11NO5S. The third kappa shape index (κ3) is 2.27. The number of fused-ring (bicyclic) bond motifs is 1. The van der Waals surface area contributed by atoms with Crippen LogP contribution in [0.3, 0.4) is 0 Å². The Kier molecular flexibility index (Phi) is 2.99. The molecule has 0 saturated carbocycles. The van der Waals surface area contributed by atoms with E-state index in [1.54, 1.807) is 36.4 Å². The molecule has 0 bridgehead atoms. The Labute approximate surface area is 120 Å². The second-order valence-corrected chi connectivity index (χ2v) is 5.85. The Morgan fingerprint density at radius 3 is 2.19 bits per heavy atom. The molecule has 0 spiro atoms. The number of aromatic nitrogens is 1. The van der Waals surface area contributed by atoms with Gasteiger partial charge in [0.15, 0.2) is 0 Å². The van der Waals surface area contributed by atoms with Crippen LogP contribution in [-0.2, 0) is 10.1 Å². The summed E-state index contributed by atoms with van der Waals surface area (Å²) >= 11 is 0. The van der Waals surface area contributed by atoms with Crippen molar-refractivity contribution in [3.8, 4) is 11.8 Å². The molecule has 0 atom stereocenters. The fourth-order valence-corrected chi connectivity index (χ4v) is 3.16. The average molecular weight is 305 g/mol. The number of rotatable bonds is 3. The summed E-state index contributed by atoms with van der Waals surface area (Å²) in [6.07, 6.45) is 0. The molecule has 108 valence electrons. The topological polar surface area (TPSA) is 88.8 Å². The Morgan fingerprint density at radius 1 is 0.857 bits per heavy atom. The molecular weight excluding hydrogens is 294 g/mol. The molecule has 2 N–H and O–H groups in total. The lowest BCUT2D eigenvalue weighted by molar-refractivity contribution is 0.203. The smallest absolute Gasteiger partial charge is 0.357 e. The van der Waals surface area contributed by atoms with E-state index < -0.39 is 21.9 Å². The first-order valence-corrected chi connectivity index (χ1v) is 7.42. The van der Waals surface area contributed by atoms with Gasteiger partial charge in [0.1, 0.15) is 4.90 Å². The summed E-state index contributed by atoms with van der Waals surface area (Å²) in [4.78, 5) is -0.0481. The van der Waals surface area contributed by atoms with E-state index in [1.165, 1.54) is 6.07 Å². The van der Waals surface area contributed by atoms with E-state index in [-0.39, 0.29) is 4.90 Å². The third-order valence-electron chi connectivity index (χ3n) is 2.99. The van der Waals surface area contributed by atoms with E-state index in [0.29, 0.717) is 10.1 Å². The summed E-state index contributed by atoms with van der Waals surface area (Å²) in [7, 11) is -4.21. The monoisotopic (exact) mass is 305 g/mol. The molecule has 3 rings (SSSR count). The van der Waals surface area contributed by atoms with Crippen LogP contribution in [0.15, 0.2) is 59.5 Å². The van der Waals surface area contributed by atoms with Crippen molar-refractivity contribution in [2.24, 2.45) is 0 Å². The van der Waals surface area contributed by atoms with Crippen LogP contribution in [-0.4, -0.2) is 23.4 Å². The van der Waals surface area contributed by atoms with Gasteiger partial charge >= 0.3 is 10.1 Å². The fraction of sp³-hybridized carbons (Fsp3) is 0. The van der Waals surface area contributed by atoms with Crippen molar-refractivity contribution in [1.29, 1.82) is 0 Å². The van der Waals surface area contributed by atoms with E-state index >= 15 is 0 Å². The normalized spacial score (nSPS) is 11.6. The number of hydrogen-bond acceptors (Lipinski definition) is 5. The largest absolute Gasteiger partial charge is 0.492 e. The molecule has 0 saturated heterocycles.